The van der Waals surface area contributed by atoms with Gasteiger partial charge in [-0.2, -0.15) is 5.10 Å². The molecule has 1 aromatic heterocycles. The maximum absolute atomic E-state index is 4.58. The summed E-state index contributed by atoms with van der Waals surface area (Å²) in [6, 6.07) is 0.580. The van der Waals surface area contributed by atoms with E-state index in [9.17, 15) is 0 Å². The number of nitrogens with one attached hydrogen (secondary N) is 1. The molecule has 0 spiro atoms. The summed E-state index contributed by atoms with van der Waals surface area (Å²) in [6.45, 7) is 6.15. The molecular weight excluding hydrogens is 212 g/mol. The van der Waals surface area contributed by atoms with Gasteiger partial charge in [0.2, 0.25) is 0 Å². The first-order chi connectivity index (χ1) is 8.33. The van der Waals surface area contributed by atoms with Gasteiger partial charge in [0, 0.05) is 0 Å². The van der Waals surface area contributed by atoms with Gasteiger partial charge < -0.3 is 5.32 Å². The highest BCUT2D eigenvalue weighted by atomic mass is 15.3. The lowest BCUT2D eigenvalue weighted by Gasteiger charge is -2.28. The number of aromatic nitrogens is 3. The molecule has 1 saturated carbocycles. The summed E-state index contributed by atoms with van der Waals surface area (Å²) in [6.07, 6.45) is 8.49. The van der Waals surface area contributed by atoms with Gasteiger partial charge >= 0.3 is 0 Å². The van der Waals surface area contributed by atoms with Crippen molar-refractivity contribution in [1.29, 1.82) is 0 Å². The van der Waals surface area contributed by atoms with Gasteiger partial charge in [0.15, 0.2) is 5.82 Å². The third-order valence-corrected chi connectivity index (χ3v) is 3.80. The Kier molecular flexibility index (Phi) is 4.54. The van der Waals surface area contributed by atoms with E-state index in [1.54, 1.807) is 0 Å². The number of rotatable bonds is 5. The predicted molar refractivity (Wildman–Crippen MR) is 68.7 cm³/mol. The summed E-state index contributed by atoms with van der Waals surface area (Å²) in [4.78, 5) is 4.37. The summed E-state index contributed by atoms with van der Waals surface area (Å²) >= 11 is 0. The van der Waals surface area contributed by atoms with Gasteiger partial charge in [0.05, 0.1) is 12.6 Å². The van der Waals surface area contributed by atoms with Crippen LogP contribution in [0.4, 0.5) is 0 Å². The minimum absolute atomic E-state index is 0.580. The number of nitrogens with zero attached hydrogens (tertiary/aromatic N) is 3. The van der Waals surface area contributed by atoms with E-state index in [4.69, 9.17) is 0 Å². The van der Waals surface area contributed by atoms with Crippen molar-refractivity contribution in [3.05, 3.63) is 12.2 Å². The molecule has 2 rings (SSSR count). The van der Waals surface area contributed by atoms with Crippen LogP contribution in [0.25, 0.3) is 0 Å². The van der Waals surface area contributed by atoms with Crippen LogP contribution in [0.15, 0.2) is 6.33 Å². The van der Waals surface area contributed by atoms with Crippen LogP contribution in [0.5, 0.6) is 0 Å². The first-order valence-electron chi connectivity index (χ1n) is 6.94. The minimum atomic E-state index is 0.580. The third-order valence-electron chi connectivity index (χ3n) is 3.80. The Morgan fingerprint density at radius 3 is 3.06 bits per heavy atom. The molecule has 1 aromatic rings. The summed E-state index contributed by atoms with van der Waals surface area (Å²) in [7, 11) is 0. The van der Waals surface area contributed by atoms with Crippen LogP contribution in [-0.4, -0.2) is 21.3 Å². The fourth-order valence-corrected chi connectivity index (χ4v) is 2.68. The van der Waals surface area contributed by atoms with Crippen LogP contribution in [0.1, 0.15) is 57.8 Å². The van der Waals surface area contributed by atoms with Gasteiger partial charge in [-0.05, 0) is 25.3 Å². The van der Waals surface area contributed by atoms with Gasteiger partial charge in [-0.25, -0.2) is 9.67 Å². The molecule has 0 aromatic carbocycles. The molecule has 1 heterocycles. The minimum Gasteiger partial charge on any atom is -0.310 e. The lowest BCUT2D eigenvalue weighted by Crippen LogP contribution is -2.20. The summed E-state index contributed by atoms with van der Waals surface area (Å²) in [5.74, 6) is 1.81. The van der Waals surface area contributed by atoms with Crippen LogP contribution in [0.2, 0.25) is 0 Å². The zero-order valence-electron chi connectivity index (χ0n) is 11.0. The third kappa shape index (κ3) is 3.28. The molecule has 2 atom stereocenters. The highest BCUT2D eigenvalue weighted by molar-refractivity contribution is 4.85. The Morgan fingerprint density at radius 2 is 2.29 bits per heavy atom. The average molecular weight is 236 g/mol. The molecule has 0 radical (unpaired) electrons. The highest BCUT2D eigenvalue weighted by Gasteiger charge is 2.22. The van der Waals surface area contributed by atoms with Gasteiger partial charge in [-0.15, -0.1) is 0 Å². The Bertz CT molecular complexity index is 334. The summed E-state index contributed by atoms with van der Waals surface area (Å²) < 4.78 is 2.09. The van der Waals surface area contributed by atoms with E-state index in [1.807, 2.05) is 6.33 Å². The predicted octanol–water partition coefficient (Wildman–Crippen LogP) is 2.53. The van der Waals surface area contributed by atoms with E-state index in [-0.39, 0.29) is 0 Å². The van der Waals surface area contributed by atoms with Crippen molar-refractivity contribution in [1.82, 2.24) is 20.1 Å². The number of hydrogen-bond donors (Lipinski definition) is 1. The molecule has 1 aliphatic rings. The molecule has 1 fully saturated rings. The van der Waals surface area contributed by atoms with Crippen molar-refractivity contribution in [3.8, 4) is 0 Å². The molecule has 96 valence electrons. The average Bonchev–Trinajstić information content (AvgIpc) is 2.85. The van der Waals surface area contributed by atoms with Crippen LogP contribution in [0, 0.1) is 5.92 Å². The lowest BCUT2D eigenvalue weighted by molar-refractivity contribution is 0.246. The van der Waals surface area contributed by atoms with Crippen LogP contribution in [-0.2, 0) is 6.54 Å². The normalized spacial score (nSPS) is 25.1. The molecule has 0 bridgehead atoms. The van der Waals surface area contributed by atoms with E-state index in [2.05, 4.69) is 33.9 Å². The first-order valence-corrected chi connectivity index (χ1v) is 6.94. The second kappa shape index (κ2) is 6.15. The van der Waals surface area contributed by atoms with Gasteiger partial charge in [-0.1, -0.05) is 33.1 Å². The Balaban J connectivity index is 1.94. The standard InChI is InChI=1S/C13H24N4/c1-3-11-6-5-7-12(8-11)17-10-15-13(16-17)9-14-4-2/h10-12,14H,3-9H2,1-2H3. The summed E-state index contributed by atoms with van der Waals surface area (Å²) in [5, 5.41) is 7.85. The van der Waals surface area contributed by atoms with Crippen molar-refractivity contribution < 1.29 is 0 Å². The smallest absolute Gasteiger partial charge is 0.164 e. The molecule has 4 heteroatoms. The SMILES string of the molecule is CCNCc1ncn(C2CCCC(CC)C2)n1. The zero-order valence-corrected chi connectivity index (χ0v) is 11.0. The topological polar surface area (TPSA) is 42.7 Å². The van der Waals surface area contributed by atoms with E-state index in [1.165, 1.54) is 32.1 Å². The molecule has 0 aliphatic heterocycles. The number of hydrogen-bond acceptors (Lipinski definition) is 3. The fourth-order valence-electron chi connectivity index (χ4n) is 2.68. The lowest BCUT2D eigenvalue weighted by atomic mass is 9.84. The zero-order chi connectivity index (χ0) is 12.1. The maximum Gasteiger partial charge on any atom is 0.164 e. The van der Waals surface area contributed by atoms with Crippen molar-refractivity contribution in [2.75, 3.05) is 6.54 Å². The maximum atomic E-state index is 4.58. The fraction of sp³-hybridized carbons (Fsp3) is 0.846. The first kappa shape index (κ1) is 12.6. The van der Waals surface area contributed by atoms with Crippen molar-refractivity contribution in [2.45, 2.75) is 58.5 Å². The molecule has 4 nitrogen and oxygen atoms in total. The van der Waals surface area contributed by atoms with E-state index < -0.39 is 0 Å². The quantitative estimate of drug-likeness (QED) is 0.854. The Labute approximate surface area is 104 Å². The van der Waals surface area contributed by atoms with Crippen LogP contribution >= 0.6 is 0 Å². The van der Waals surface area contributed by atoms with Crippen molar-refractivity contribution in [3.63, 3.8) is 0 Å². The van der Waals surface area contributed by atoms with Gasteiger partial charge in [0.1, 0.15) is 6.33 Å². The van der Waals surface area contributed by atoms with Crippen LogP contribution < -0.4 is 5.32 Å². The molecule has 2 unspecified atom stereocenters. The Hall–Kier alpha value is -0.900. The van der Waals surface area contributed by atoms with Crippen molar-refractivity contribution in [2.24, 2.45) is 5.92 Å². The molecule has 0 saturated heterocycles. The van der Waals surface area contributed by atoms with Crippen LogP contribution in [0.3, 0.4) is 0 Å². The molecule has 1 aliphatic carbocycles. The monoisotopic (exact) mass is 236 g/mol. The van der Waals surface area contributed by atoms with E-state index >= 15 is 0 Å². The molecular formula is C13H24N4. The highest BCUT2D eigenvalue weighted by Crippen LogP contribution is 2.33. The van der Waals surface area contributed by atoms with Gasteiger partial charge in [-0.3, -0.25) is 0 Å². The molecule has 0 amide bonds. The second-order valence-corrected chi connectivity index (χ2v) is 5.02. The molecule has 17 heavy (non-hydrogen) atoms. The largest absolute Gasteiger partial charge is 0.310 e. The second-order valence-electron chi connectivity index (χ2n) is 5.02. The summed E-state index contributed by atoms with van der Waals surface area (Å²) in [5.41, 5.74) is 0. The molecule has 1 N–H and O–H groups in total. The Morgan fingerprint density at radius 1 is 1.41 bits per heavy atom. The van der Waals surface area contributed by atoms with E-state index in [0.717, 1.165) is 24.8 Å². The van der Waals surface area contributed by atoms with E-state index in [0.29, 0.717) is 6.04 Å². The van der Waals surface area contributed by atoms with Crippen molar-refractivity contribution >= 4 is 0 Å². The van der Waals surface area contributed by atoms with Gasteiger partial charge in [0.25, 0.3) is 0 Å².